The maximum absolute atomic E-state index is 13.2. The maximum Gasteiger partial charge on any atom is 0.341 e. The van der Waals surface area contributed by atoms with Crippen LogP contribution >= 0.6 is 0 Å². The van der Waals surface area contributed by atoms with Crippen molar-refractivity contribution in [2.45, 2.75) is 24.2 Å². The van der Waals surface area contributed by atoms with Crippen molar-refractivity contribution in [3.05, 3.63) is 0 Å². The first-order valence-corrected chi connectivity index (χ1v) is 4.06. The van der Waals surface area contributed by atoms with Crippen molar-refractivity contribution in [2.24, 2.45) is 0 Å². The number of hydrazine groups is 1. The molecule has 0 amide bonds. The van der Waals surface area contributed by atoms with E-state index in [0.29, 0.717) is 25.9 Å². The Labute approximate surface area is 69.6 Å². The van der Waals surface area contributed by atoms with Crippen LogP contribution in [0.15, 0.2) is 0 Å². The lowest BCUT2D eigenvalue weighted by Crippen LogP contribution is -2.64. The highest BCUT2D eigenvalue weighted by Crippen LogP contribution is 2.55. The fourth-order valence-corrected chi connectivity index (χ4v) is 1.87. The lowest BCUT2D eigenvalue weighted by molar-refractivity contribution is -0.388. The third kappa shape index (κ3) is 0.795. The number of fused-ring (bicyclic) bond motifs is 3. The van der Waals surface area contributed by atoms with Crippen LogP contribution in [0.3, 0.4) is 0 Å². The summed E-state index contributed by atoms with van der Waals surface area (Å²) >= 11 is 0. The van der Waals surface area contributed by atoms with Gasteiger partial charge in [-0.2, -0.15) is 8.78 Å². The minimum absolute atomic E-state index is 0.375. The van der Waals surface area contributed by atoms with E-state index in [4.69, 9.17) is 0 Å². The Hall–Kier alpha value is -0.225. The van der Waals surface area contributed by atoms with Crippen LogP contribution in [0.4, 0.5) is 13.3 Å². The summed E-state index contributed by atoms with van der Waals surface area (Å²) in [5.74, 6) is 0. The van der Waals surface area contributed by atoms with Gasteiger partial charge in [0.2, 0.25) is 0 Å². The number of piperidine rings is 1. The van der Waals surface area contributed by atoms with E-state index in [2.05, 4.69) is 0 Å². The molecule has 0 atom stereocenters. The van der Waals surface area contributed by atoms with Gasteiger partial charge in [-0.05, 0) is 18.1 Å². The van der Waals surface area contributed by atoms with Gasteiger partial charge in [0.05, 0.1) is 0 Å². The van der Waals surface area contributed by atoms with Gasteiger partial charge in [0.25, 0.3) is 0 Å². The lowest BCUT2D eigenvalue weighted by atomic mass is 9.60. The molecule has 3 aliphatic rings. The minimum atomic E-state index is -3.32. The second kappa shape index (κ2) is 2.17. The summed E-state index contributed by atoms with van der Waals surface area (Å²) in [6.07, 6.45) is 0.751. The second-order valence-corrected chi connectivity index (χ2v) is 3.82. The number of hydrogen-bond donors (Lipinski definition) is 0. The molecule has 3 fully saturated rings. The molecule has 12 heavy (non-hydrogen) atoms. The van der Waals surface area contributed by atoms with Crippen LogP contribution in [0.5, 0.6) is 0 Å². The first-order chi connectivity index (χ1) is 5.47. The van der Waals surface area contributed by atoms with E-state index in [1.807, 2.05) is 0 Å². The van der Waals surface area contributed by atoms with Gasteiger partial charge in [0, 0.05) is 18.4 Å². The fraction of sp³-hybridized carbons (Fsp3) is 1.00. The molecule has 0 radical (unpaired) electrons. The first kappa shape index (κ1) is 8.38. The maximum atomic E-state index is 13.2. The topological polar surface area (TPSA) is 6.48 Å². The van der Waals surface area contributed by atoms with Gasteiger partial charge in [-0.25, -0.2) is 5.01 Å². The lowest BCUT2D eigenvalue weighted by Gasteiger charge is -2.53. The summed E-state index contributed by atoms with van der Waals surface area (Å²) in [4.78, 5) is 0. The molecule has 2 nitrogen and oxygen atoms in total. The Morgan fingerprint density at radius 1 is 1.17 bits per heavy atom. The van der Waals surface area contributed by atoms with Crippen LogP contribution in [0, 0.1) is 0 Å². The Morgan fingerprint density at radius 3 is 2.00 bits per heavy atom. The van der Waals surface area contributed by atoms with Gasteiger partial charge >= 0.3 is 6.05 Å². The summed E-state index contributed by atoms with van der Waals surface area (Å²) in [5, 5.41) is -0.484. The van der Waals surface area contributed by atoms with Gasteiger partial charge in [0.15, 0.2) is 0 Å². The van der Waals surface area contributed by atoms with Crippen molar-refractivity contribution in [3.8, 4) is 0 Å². The van der Waals surface area contributed by atoms with E-state index >= 15 is 0 Å². The van der Waals surface area contributed by atoms with Crippen LogP contribution in [0.1, 0.15) is 12.8 Å². The molecule has 0 aromatic heterocycles. The smallest absolute Gasteiger partial charge is 0.208 e. The molecule has 3 heterocycles. The van der Waals surface area contributed by atoms with E-state index in [9.17, 15) is 13.3 Å². The number of nitrogens with zero attached hydrogens (tertiary/aromatic N) is 2. The zero-order valence-electron chi connectivity index (χ0n) is 6.86. The molecule has 0 aliphatic carbocycles. The van der Waals surface area contributed by atoms with Crippen molar-refractivity contribution in [3.63, 3.8) is 0 Å². The normalized spacial score (nSPS) is 46.4. The molecule has 3 rings (SSSR count). The number of alkyl halides is 2. The molecule has 6 heteroatoms. The second-order valence-electron chi connectivity index (χ2n) is 3.82. The van der Waals surface area contributed by atoms with Crippen molar-refractivity contribution >= 4 is 7.85 Å². The molecule has 0 spiro atoms. The third-order valence-corrected chi connectivity index (χ3v) is 3.05. The SMILES string of the molecule is BC12CCN(CC1)N(F)C2(F)F. The van der Waals surface area contributed by atoms with E-state index in [1.54, 1.807) is 0 Å². The van der Waals surface area contributed by atoms with Crippen molar-refractivity contribution < 1.29 is 13.3 Å². The first-order valence-electron chi connectivity index (χ1n) is 4.06. The van der Waals surface area contributed by atoms with Crippen LogP contribution in [0.25, 0.3) is 0 Å². The molecule has 2 bridgehead atoms. The Morgan fingerprint density at radius 2 is 1.67 bits per heavy atom. The number of halogens is 3. The summed E-state index contributed by atoms with van der Waals surface area (Å²) in [5.41, 5.74) is 0. The molecule has 3 aliphatic heterocycles. The molecule has 0 saturated carbocycles. The molecule has 68 valence electrons. The van der Waals surface area contributed by atoms with Crippen molar-refractivity contribution in [2.75, 3.05) is 13.1 Å². The zero-order chi connectivity index (χ0) is 8.98. The molecule has 0 unspecified atom stereocenters. The Kier molecular flexibility index (Phi) is 1.52. The summed E-state index contributed by atoms with van der Waals surface area (Å²) in [6, 6.07) is -3.32. The molecular formula is C6H10BF3N2. The zero-order valence-corrected chi connectivity index (χ0v) is 6.86. The summed E-state index contributed by atoms with van der Waals surface area (Å²) < 4.78 is 39.3. The molecule has 0 aromatic rings. The highest BCUT2D eigenvalue weighted by atomic mass is 19.3. The largest absolute Gasteiger partial charge is 0.341 e. The van der Waals surface area contributed by atoms with Crippen molar-refractivity contribution in [1.82, 2.24) is 10.2 Å². The van der Waals surface area contributed by atoms with E-state index in [1.165, 1.54) is 7.85 Å². The molecule has 0 aromatic carbocycles. The number of hydrogen-bond acceptors (Lipinski definition) is 2. The van der Waals surface area contributed by atoms with E-state index in [-0.39, 0.29) is 5.23 Å². The van der Waals surface area contributed by atoms with Crippen molar-refractivity contribution in [1.29, 1.82) is 0 Å². The summed E-state index contributed by atoms with van der Waals surface area (Å²) in [7, 11) is 1.45. The van der Waals surface area contributed by atoms with Gasteiger partial charge in [0.1, 0.15) is 7.85 Å². The molecule has 3 saturated heterocycles. The fourth-order valence-electron chi connectivity index (χ4n) is 1.87. The van der Waals surface area contributed by atoms with Crippen LogP contribution < -0.4 is 0 Å². The van der Waals surface area contributed by atoms with Crippen LogP contribution in [-0.2, 0) is 0 Å². The van der Waals surface area contributed by atoms with E-state index in [0.717, 1.165) is 5.01 Å². The van der Waals surface area contributed by atoms with Gasteiger partial charge < -0.3 is 0 Å². The predicted molar refractivity (Wildman–Crippen MR) is 39.9 cm³/mol. The number of rotatable bonds is 0. The highest BCUT2D eigenvalue weighted by Gasteiger charge is 2.62. The third-order valence-electron chi connectivity index (χ3n) is 3.05. The van der Waals surface area contributed by atoms with Crippen LogP contribution in [0.2, 0.25) is 5.31 Å². The van der Waals surface area contributed by atoms with Gasteiger partial charge in [-0.3, -0.25) is 0 Å². The molecule has 0 N–H and O–H groups in total. The average Bonchev–Trinajstić information content (AvgIpc) is 2.02. The summed E-state index contributed by atoms with van der Waals surface area (Å²) in [6.45, 7) is 0.811. The quantitative estimate of drug-likeness (QED) is 0.304. The van der Waals surface area contributed by atoms with E-state index < -0.39 is 11.4 Å². The van der Waals surface area contributed by atoms with Crippen LogP contribution in [-0.4, -0.2) is 37.2 Å². The standard InChI is InChI=1S/C6H10BF3N2/c7-5-1-3-11(4-2-5)12(10)6(5,8)9/h1-4,7H2. The molecular weight excluding hydrogens is 168 g/mol. The Bertz CT molecular complexity index is 200. The minimum Gasteiger partial charge on any atom is -0.208 e. The van der Waals surface area contributed by atoms with Gasteiger partial charge in [-0.15, -0.1) is 4.48 Å². The Balaban J connectivity index is 2.34. The predicted octanol–water partition coefficient (Wildman–Crippen LogP) is 0.582. The highest BCUT2D eigenvalue weighted by molar-refractivity contribution is 6.16. The monoisotopic (exact) mass is 178 g/mol. The van der Waals surface area contributed by atoms with Gasteiger partial charge in [-0.1, -0.05) is 0 Å². The average molecular weight is 178 g/mol.